The maximum Gasteiger partial charge on any atom is 0.165 e. The van der Waals surface area contributed by atoms with Gasteiger partial charge in [0.1, 0.15) is 0 Å². The van der Waals surface area contributed by atoms with E-state index in [9.17, 15) is 0 Å². The summed E-state index contributed by atoms with van der Waals surface area (Å²) >= 11 is 1.50. The molecule has 0 saturated heterocycles. The fourth-order valence-corrected chi connectivity index (χ4v) is 1.11. The van der Waals surface area contributed by atoms with E-state index in [1.54, 1.807) is 14.2 Å². The summed E-state index contributed by atoms with van der Waals surface area (Å²) in [7, 11) is 3.17. The number of methoxy groups -OCH3 is 2. The van der Waals surface area contributed by atoms with Gasteiger partial charge in [0.05, 0.1) is 11.8 Å². The summed E-state index contributed by atoms with van der Waals surface area (Å²) in [6, 6.07) is 2.02. The molecule has 0 atom stereocenters. The van der Waals surface area contributed by atoms with E-state index in [-0.39, 0.29) is 6.29 Å². The highest BCUT2D eigenvalue weighted by molar-refractivity contribution is 7.99. The zero-order valence-electron chi connectivity index (χ0n) is 6.16. The number of ether oxygens (including phenoxy) is 2. The summed E-state index contributed by atoms with van der Waals surface area (Å²) in [6.45, 7) is 0. The summed E-state index contributed by atoms with van der Waals surface area (Å²) in [5.74, 6) is 1.20. The molecular weight excluding hydrogens is 150 g/mol. The average molecular weight is 161 g/mol. The zero-order chi connectivity index (χ0) is 7.82. The van der Waals surface area contributed by atoms with E-state index in [0.717, 1.165) is 0 Å². The standard InChI is InChI=1S/C6H11NO2S/c1-8-6(9-2)5-10-4-3-7/h6H,4-5H2,1-2H3. The summed E-state index contributed by atoms with van der Waals surface area (Å²) in [6.07, 6.45) is -0.182. The highest BCUT2D eigenvalue weighted by Gasteiger charge is 2.02. The minimum atomic E-state index is -0.182. The number of hydrogen-bond acceptors (Lipinski definition) is 4. The third kappa shape index (κ3) is 4.62. The lowest BCUT2D eigenvalue weighted by Crippen LogP contribution is -2.15. The molecule has 0 bridgehead atoms. The molecule has 0 unspecified atom stereocenters. The highest BCUT2D eigenvalue weighted by atomic mass is 32.2. The molecule has 4 heteroatoms. The molecule has 0 saturated carbocycles. The molecule has 10 heavy (non-hydrogen) atoms. The van der Waals surface area contributed by atoms with Crippen molar-refractivity contribution >= 4 is 11.8 Å². The molecule has 0 spiro atoms. The molecule has 0 aromatic heterocycles. The second kappa shape index (κ2) is 6.87. The molecule has 0 aliphatic heterocycles. The van der Waals surface area contributed by atoms with Gasteiger partial charge in [-0.05, 0) is 0 Å². The summed E-state index contributed by atoms with van der Waals surface area (Å²) < 4.78 is 9.79. The van der Waals surface area contributed by atoms with Gasteiger partial charge in [0.15, 0.2) is 6.29 Å². The van der Waals surface area contributed by atoms with E-state index in [1.165, 1.54) is 11.8 Å². The van der Waals surface area contributed by atoms with Crippen molar-refractivity contribution in [2.75, 3.05) is 25.7 Å². The predicted molar refractivity (Wildman–Crippen MR) is 40.7 cm³/mol. The van der Waals surface area contributed by atoms with Crippen molar-refractivity contribution in [1.29, 1.82) is 5.26 Å². The van der Waals surface area contributed by atoms with Crippen LogP contribution in [-0.2, 0) is 9.47 Å². The van der Waals surface area contributed by atoms with Crippen molar-refractivity contribution in [2.45, 2.75) is 6.29 Å². The molecule has 0 aromatic carbocycles. The van der Waals surface area contributed by atoms with Crippen LogP contribution in [0.2, 0.25) is 0 Å². The second-order valence-corrected chi connectivity index (χ2v) is 2.60. The second-order valence-electron chi connectivity index (χ2n) is 1.57. The van der Waals surface area contributed by atoms with Gasteiger partial charge in [-0.15, -0.1) is 11.8 Å². The Hall–Kier alpha value is -0.240. The first kappa shape index (κ1) is 9.76. The first-order valence-electron chi connectivity index (χ1n) is 2.85. The first-order valence-corrected chi connectivity index (χ1v) is 4.01. The number of nitrogens with zero attached hydrogens (tertiary/aromatic N) is 1. The van der Waals surface area contributed by atoms with Crippen molar-refractivity contribution in [2.24, 2.45) is 0 Å². The summed E-state index contributed by atoms with van der Waals surface area (Å²) in [5.41, 5.74) is 0. The van der Waals surface area contributed by atoms with Gasteiger partial charge in [-0.25, -0.2) is 0 Å². The fourth-order valence-electron chi connectivity index (χ4n) is 0.433. The lowest BCUT2D eigenvalue weighted by molar-refractivity contribution is -0.0842. The SMILES string of the molecule is COC(CSCC#N)OC. The number of hydrogen-bond donors (Lipinski definition) is 0. The van der Waals surface area contributed by atoms with Crippen LogP contribution in [0.25, 0.3) is 0 Å². The Bertz CT molecular complexity index is 109. The van der Waals surface area contributed by atoms with E-state index in [0.29, 0.717) is 11.5 Å². The highest BCUT2D eigenvalue weighted by Crippen LogP contribution is 2.04. The maximum atomic E-state index is 8.17. The molecular formula is C6H11NO2S. The Morgan fingerprint density at radius 1 is 1.50 bits per heavy atom. The molecule has 0 radical (unpaired) electrons. The maximum absolute atomic E-state index is 8.17. The lowest BCUT2D eigenvalue weighted by Gasteiger charge is -2.10. The molecule has 0 aromatic rings. The van der Waals surface area contributed by atoms with Crippen LogP contribution in [-0.4, -0.2) is 32.0 Å². The minimum Gasteiger partial charge on any atom is -0.355 e. The Morgan fingerprint density at radius 2 is 2.10 bits per heavy atom. The fraction of sp³-hybridized carbons (Fsp3) is 0.833. The van der Waals surface area contributed by atoms with Crippen LogP contribution in [0.3, 0.4) is 0 Å². The van der Waals surface area contributed by atoms with Gasteiger partial charge < -0.3 is 9.47 Å². The quantitative estimate of drug-likeness (QED) is 0.443. The van der Waals surface area contributed by atoms with Crippen molar-refractivity contribution in [1.82, 2.24) is 0 Å². The van der Waals surface area contributed by atoms with Gasteiger partial charge in [0.25, 0.3) is 0 Å². The first-order chi connectivity index (χ1) is 4.85. The Labute approximate surface area is 65.3 Å². The molecule has 0 heterocycles. The van der Waals surface area contributed by atoms with Crippen molar-refractivity contribution in [3.63, 3.8) is 0 Å². The molecule has 0 rings (SSSR count). The van der Waals surface area contributed by atoms with Crippen LogP contribution >= 0.6 is 11.8 Å². The van der Waals surface area contributed by atoms with Gasteiger partial charge in [-0.2, -0.15) is 5.26 Å². The smallest absolute Gasteiger partial charge is 0.165 e. The minimum absolute atomic E-state index is 0.182. The van der Waals surface area contributed by atoms with E-state index >= 15 is 0 Å². The molecule has 0 aliphatic rings. The van der Waals surface area contributed by atoms with Crippen LogP contribution in [0.1, 0.15) is 0 Å². The predicted octanol–water partition coefficient (Wildman–Crippen LogP) is 0.862. The zero-order valence-corrected chi connectivity index (χ0v) is 6.98. The van der Waals surface area contributed by atoms with Crippen LogP contribution in [0, 0.1) is 11.3 Å². The van der Waals surface area contributed by atoms with Crippen LogP contribution in [0.15, 0.2) is 0 Å². The molecule has 0 N–H and O–H groups in total. The largest absolute Gasteiger partial charge is 0.355 e. The van der Waals surface area contributed by atoms with Crippen LogP contribution in [0.5, 0.6) is 0 Å². The average Bonchev–Trinajstić information content (AvgIpc) is 1.99. The lowest BCUT2D eigenvalue weighted by atomic mass is 10.7. The number of thioether (sulfide) groups is 1. The third-order valence-electron chi connectivity index (χ3n) is 0.946. The topological polar surface area (TPSA) is 42.2 Å². The number of nitriles is 1. The van der Waals surface area contributed by atoms with Crippen molar-refractivity contribution in [3.8, 4) is 6.07 Å². The molecule has 58 valence electrons. The third-order valence-corrected chi connectivity index (χ3v) is 1.79. The van der Waals surface area contributed by atoms with Gasteiger partial charge in [0.2, 0.25) is 0 Å². The molecule has 0 fully saturated rings. The van der Waals surface area contributed by atoms with E-state index in [1.807, 2.05) is 6.07 Å². The van der Waals surface area contributed by atoms with E-state index in [2.05, 4.69) is 0 Å². The van der Waals surface area contributed by atoms with E-state index in [4.69, 9.17) is 14.7 Å². The molecule has 0 aliphatic carbocycles. The van der Waals surface area contributed by atoms with E-state index < -0.39 is 0 Å². The molecule has 0 amide bonds. The van der Waals surface area contributed by atoms with Crippen LogP contribution in [0.4, 0.5) is 0 Å². The number of rotatable bonds is 5. The van der Waals surface area contributed by atoms with Gasteiger partial charge >= 0.3 is 0 Å². The van der Waals surface area contributed by atoms with Crippen molar-refractivity contribution < 1.29 is 9.47 Å². The van der Waals surface area contributed by atoms with Crippen molar-refractivity contribution in [3.05, 3.63) is 0 Å². The Morgan fingerprint density at radius 3 is 2.50 bits per heavy atom. The normalized spacial score (nSPS) is 9.80. The van der Waals surface area contributed by atoms with Gasteiger partial charge in [-0.3, -0.25) is 0 Å². The molecule has 3 nitrogen and oxygen atoms in total. The van der Waals surface area contributed by atoms with Gasteiger partial charge in [-0.1, -0.05) is 0 Å². The van der Waals surface area contributed by atoms with Crippen LogP contribution < -0.4 is 0 Å². The summed E-state index contributed by atoms with van der Waals surface area (Å²) in [4.78, 5) is 0. The summed E-state index contributed by atoms with van der Waals surface area (Å²) in [5, 5.41) is 8.17. The Balaban J connectivity index is 3.19. The Kier molecular flexibility index (Phi) is 6.71. The monoisotopic (exact) mass is 161 g/mol. The van der Waals surface area contributed by atoms with Gasteiger partial charge in [0, 0.05) is 20.0 Å².